The van der Waals surface area contributed by atoms with Gasteiger partial charge in [0, 0.05) is 18.0 Å². The van der Waals surface area contributed by atoms with Gasteiger partial charge in [0.1, 0.15) is 0 Å². The molecule has 0 aliphatic heterocycles. The third kappa shape index (κ3) is 2.21. The van der Waals surface area contributed by atoms with Crippen molar-refractivity contribution in [1.29, 1.82) is 0 Å². The maximum atomic E-state index is 10.4. The topological polar surface area (TPSA) is 42.9 Å². The van der Waals surface area contributed by atoms with Crippen molar-refractivity contribution in [3.8, 4) is 11.1 Å². The largest absolute Gasteiger partial charge is 0.294 e. The van der Waals surface area contributed by atoms with Gasteiger partial charge in [-0.25, -0.2) is 9.97 Å². The van der Waals surface area contributed by atoms with E-state index in [1.54, 1.807) is 24.5 Å². The van der Waals surface area contributed by atoms with Gasteiger partial charge in [0.2, 0.25) is 0 Å². The van der Waals surface area contributed by atoms with Gasteiger partial charge in [-0.15, -0.1) is 0 Å². The molecular weight excluding hydrogens is 247 g/mol. The Morgan fingerprint density at radius 2 is 1.69 bits per heavy atom. The zero-order valence-electron chi connectivity index (χ0n) is 8.02. The van der Waals surface area contributed by atoms with E-state index in [1.807, 2.05) is 6.07 Å². The number of hydrogen-bond donors (Lipinski definition) is 0. The monoisotopic (exact) mass is 252 g/mol. The summed E-state index contributed by atoms with van der Waals surface area (Å²) in [4.78, 5) is 18.1. The number of carbonyl (C=O) groups excluding carboxylic acids is 1. The Morgan fingerprint density at radius 3 is 2.25 bits per heavy atom. The van der Waals surface area contributed by atoms with E-state index < -0.39 is 0 Å². The number of aromatic nitrogens is 2. The third-order valence-electron chi connectivity index (χ3n) is 2.03. The van der Waals surface area contributed by atoms with Gasteiger partial charge in [-0.1, -0.05) is 29.3 Å². The average molecular weight is 253 g/mol. The van der Waals surface area contributed by atoms with E-state index in [2.05, 4.69) is 9.97 Å². The molecule has 2 rings (SSSR count). The van der Waals surface area contributed by atoms with Crippen LogP contribution in [0.1, 0.15) is 10.6 Å². The quantitative estimate of drug-likeness (QED) is 0.771. The molecule has 0 aliphatic rings. The molecule has 1 heterocycles. The Labute approximate surface area is 102 Å². The van der Waals surface area contributed by atoms with Crippen LogP contribution in [-0.4, -0.2) is 16.3 Å². The molecule has 0 saturated carbocycles. The summed E-state index contributed by atoms with van der Waals surface area (Å²) >= 11 is 11.7. The van der Waals surface area contributed by atoms with E-state index >= 15 is 0 Å². The first-order valence-corrected chi connectivity index (χ1v) is 5.19. The van der Waals surface area contributed by atoms with Crippen LogP contribution >= 0.6 is 23.2 Å². The molecule has 5 heteroatoms. The maximum absolute atomic E-state index is 10.4. The van der Waals surface area contributed by atoms with Crippen LogP contribution in [0, 0.1) is 0 Å². The minimum atomic E-state index is 0.156. The molecule has 1 aromatic heterocycles. The summed E-state index contributed by atoms with van der Waals surface area (Å²) in [5.41, 5.74) is 1.64. The first kappa shape index (κ1) is 11.0. The second-order valence-electron chi connectivity index (χ2n) is 3.08. The number of nitrogens with zero attached hydrogens (tertiary/aromatic N) is 2. The summed E-state index contributed by atoms with van der Waals surface area (Å²) in [6.45, 7) is 0. The highest BCUT2D eigenvalue weighted by Crippen LogP contribution is 2.27. The molecule has 0 bridgehead atoms. The number of aldehydes is 1. The van der Waals surface area contributed by atoms with Crippen LogP contribution in [0.4, 0.5) is 0 Å². The predicted octanol–water partition coefficient (Wildman–Crippen LogP) is 3.26. The Bertz CT molecular complexity index is 526. The van der Waals surface area contributed by atoms with Crippen LogP contribution in [0.2, 0.25) is 10.0 Å². The zero-order chi connectivity index (χ0) is 11.5. The minimum Gasteiger partial charge on any atom is -0.294 e. The van der Waals surface area contributed by atoms with Gasteiger partial charge in [0.05, 0.1) is 10.0 Å². The molecule has 0 N–H and O–H groups in total. The van der Waals surface area contributed by atoms with Gasteiger partial charge >= 0.3 is 0 Å². The van der Waals surface area contributed by atoms with Gasteiger partial charge in [0.25, 0.3) is 0 Å². The standard InChI is InChI=1S/C11H6Cl2N2O/c12-9-2-1-7(3-10(9)13)8-4-14-11(6-16)15-5-8/h1-6H. The van der Waals surface area contributed by atoms with E-state index in [0.717, 1.165) is 11.1 Å². The van der Waals surface area contributed by atoms with Crippen molar-refractivity contribution in [1.82, 2.24) is 9.97 Å². The molecule has 0 atom stereocenters. The van der Waals surface area contributed by atoms with Crippen molar-refractivity contribution in [2.75, 3.05) is 0 Å². The van der Waals surface area contributed by atoms with Crippen molar-refractivity contribution >= 4 is 29.5 Å². The van der Waals surface area contributed by atoms with Crippen LogP contribution in [0.3, 0.4) is 0 Å². The third-order valence-corrected chi connectivity index (χ3v) is 2.77. The lowest BCUT2D eigenvalue weighted by molar-refractivity contribution is 0.111. The Balaban J connectivity index is 2.42. The molecule has 0 aliphatic carbocycles. The van der Waals surface area contributed by atoms with Crippen LogP contribution in [0.25, 0.3) is 11.1 Å². The number of rotatable bonds is 2. The minimum absolute atomic E-state index is 0.156. The number of hydrogen-bond acceptors (Lipinski definition) is 3. The normalized spacial score (nSPS) is 10.1. The molecule has 0 radical (unpaired) electrons. The first-order valence-electron chi connectivity index (χ1n) is 4.43. The average Bonchev–Trinajstić information content (AvgIpc) is 2.33. The molecule has 0 fully saturated rings. The van der Waals surface area contributed by atoms with Gasteiger partial charge in [0.15, 0.2) is 12.1 Å². The molecule has 1 aromatic carbocycles. The van der Waals surface area contributed by atoms with Gasteiger partial charge in [-0.2, -0.15) is 0 Å². The molecule has 0 amide bonds. The molecule has 0 unspecified atom stereocenters. The van der Waals surface area contributed by atoms with Crippen molar-refractivity contribution in [2.24, 2.45) is 0 Å². The number of benzene rings is 1. The SMILES string of the molecule is O=Cc1ncc(-c2ccc(Cl)c(Cl)c2)cn1. The van der Waals surface area contributed by atoms with E-state index in [-0.39, 0.29) is 5.82 Å². The van der Waals surface area contributed by atoms with Gasteiger partial charge in [-0.05, 0) is 17.7 Å². The Hall–Kier alpha value is -1.45. The fraction of sp³-hybridized carbons (Fsp3) is 0. The lowest BCUT2D eigenvalue weighted by Gasteiger charge is -2.02. The first-order chi connectivity index (χ1) is 7.70. The lowest BCUT2D eigenvalue weighted by atomic mass is 10.1. The summed E-state index contributed by atoms with van der Waals surface area (Å²) in [6.07, 6.45) is 3.73. The van der Waals surface area contributed by atoms with E-state index in [0.29, 0.717) is 16.3 Å². The summed E-state index contributed by atoms with van der Waals surface area (Å²) in [5.74, 6) is 0.156. The number of halogens is 2. The molecule has 0 spiro atoms. The molecule has 16 heavy (non-hydrogen) atoms. The second kappa shape index (κ2) is 4.60. The molecule has 3 nitrogen and oxygen atoms in total. The highest BCUT2D eigenvalue weighted by Gasteiger charge is 2.03. The maximum Gasteiger partial charge on any atom is 0.192 e. The summed E-state index contributed by atoms with van der Waals surface area (Å²) in [6, 6.07) is 5.24. The van der Waals surface area contributed by atoms with Gasteiger partial charge in [-0.3, -0.25) is 4.79 Å². The predicted molar refractivity (Wildman–Crippen MR) is 62.9 cm³/mol. The van der Waals surface area contributed by atoms with Crippen molar-refractivity contribution < 1.29 is 4.79 Å². The van der Waals surface area contributed by atoms with E-state index in [9.17, 15) is 4.79 Å². The molecule has 2 aromatic rings. The van der Waals surface area contributed by atoms with Gasteiger partial charge < -0.3 is 0 Å². The highest BCUT2D eigenvalue weighted by molar-refractivity contribution is 6.42. The van der Waals surface area contributed by atoms with E-state index in [4.69, 9.17) is 23.2 Å². The summed E-state index contributed by atoms with van der Waals surface area (Å²) < 4.78 is 0. The molecule has 80 valence electrons. The van der Waals surface area contributed by atoms with Crippen molar-refractivity contribution in [3.05, 3.63) is 46.5 Å². The smallest absolute Gasteiger partial charge is 0.192 e. The van der Waals surface area contributed by atoms with Crippen molar-refractivity contribution in [3.63, 3.8) is 0 Å². The molecular formula is C11H6Cl2N2O. The van der Waals surface area contributed by atoms with Crippen LogP contribution in [0.15, 0.2) is 30.6 Å². The Morgan fingerprint density at radius 1 is 1.00 bits per heavy atom. The second-order valence-corrected chi connectivity index (χ2v) is 3.89. The van der Waals surface area contributed by atoms with Crippen LogP contribution in [-0.2, 0) is 0 Å². The lowest BCUT2D eigenvalue weighted by Crippen LogP contribution is -1.91. The fourth-order valence-electron chi connectivity index (χ4n) is 1.22. The van der Waals surface area contributed by atoms with Crippen LogP contribution < -0.4 is 0 Å². The summed E-state index contributed by atoms with van der Waals surface area (Å²) in [5, 5.41) is 0.967. The fourth-order valence-corrected chi connectivity index (χ4v) is 1.52. The van der Waals surface area contributed by atoms with Crippen molar-refractivity contribution in [2.45, 2.75) is 0 Å². The Kier molecular flexibility index (Phi) is 3.17. The van der Waals surface area contributed by atoms with E-state index in [1.165, 1.54) is 0 Å². The molecule has 0 saturated heterocycles. The highest BCUT2D eigenvalue weighted by atomic mass is 35.5. The van der Waals surface area contributed by atoms with Crippen LogP contribution in [0.5, 0.6) is 0 Å². The summed E-state index contributed by atoms with van der Waals surface area (Å²) in [7, 11) is 0. The zero-order valence-corrected chi connectivity index (χ0v) is 9.53. The number of carbonyl (C=O) groups is 1.